The van der Waals surface area contributed by atoms with Gasteiger partial charge in [0.25, 0.3) is 0 Å². The largest absolute Gasteiger partial charge is 0.508 e. The molecule has 2 N–H and O–H groups in total. The molecule has 110 valence electrons. The van der Waals surface area contributed by atoms with Gasteiger partial charge < -0.3 is 19.9 Å². The second-order valence-electron chi connectivity index (χ2n) is 5.25. The van der Waals surface area contributed by atoms with Crippen LogP contribution in [-0.4, -0.2) is 18.8 Å². The van der Waals surface area contributed by atoms with Crippen LogP contribution in [0.1, 0.15) is 30.1 Å². The molecular weight excluding hydrogens is 266 g/mol. The average Bonchev–Trinajstić information content (AvgIpc) is 2.89. The number of nitrogens with one attached hydrogen (secondary N) is 1. The van der Waals surface area contributed by atoms with Crippen molar-refractivity contribution < 1.29 is 14.6 Å². The van der Waals surface area contributed by atoms with Gasteiger partial charge in [-0.05, 0) is 36.8 Å². The van der Waals surface area contributed by atoms with E-state index < -0.39 is 0 Å². The van der Waals surface area contributed by atoms with Gasteiger partial charge in [-0.1, -0.05) is 12.1 Å². The van der Waals surface area contributed by atoms with Crippen LogP contribution < -0.4 is 14.8 Å². The smallest absolute Gasteiger partial charge is 0.127 e. The van der Waals surface area contributed by atoms with Gasteiger partial charge in [-0.15, -0.1) is 0 Å². The lowest BCUT2D eigenvalue weighted by molar-refractivity contribution is 0.300. The Labute approximate surface area is 124 Å². The zero-order chi connectivity index (χ0) is 14.8. The van der Waals surface area contributed by atoms with Crippen molar-refractivity contribution in [3.8, 4) is 17.2 Å². The van der Waals surface area contributed by atoms with Gasteiger partial charge in [0, 0.05) is 17.7 Å². The lowest BCUT2D eigenvalue weighted by atomic mass is 10.0. The molecule has 1 aliphatic rings. The molecule has 3 rings (SSSR count). The van der Waals surface area contributed by atoms with Gasteiger partial charge in [0.05, 0.1) is 13.2 Å². The number of methoxy groups -OCH3 is 1. The summed E-state index contributed by atoms with van der Waals surface area (Å²) in [7, 11) is 1.67. The van der Waals surface area contributed by atoms with Crippen LogP contribution >= 0.6 is 0 Å². The number of aromatic hydroxyl groups is 1. The number of rotatable bonds is 4. The Morgan fingerprint density at radius 2 is 2.14 bits per heavy atom. The van der Waals surface area contributed by atoms with Crippen LogP contribution in [0.5, 0.6) is 17.2 Å². The molecule has 0 saturated carbocycles. The van der Waals surface area contributed by atoms with Gasteiger partial charge in [0.2, 0.25) is 0 Å². The number of fused-ring (bicyclic) bond motifs is 1. The molecule has 1 heterocycles. The lowest BCUT2D eigenvalue weighted by Crippen LogP contribution is -2.25. The molecule has 1 aliphatic heterocycles. The van der Waals surface area contributed by atoms with Crippen molar-refractivity contribution >= 4 is 0 Å². The maximum atomic E-state index is 9.49. The summed E-state index contributed by atoms with van der Waals surface area (Å²) in [6, 6.07) is 13.6. The molecular formula is C17H19NO3. The Bertz CT molecular complexity index is 642. The molecule has 0 fully saturated rings. The Morgan fingerprint density at radius 3 is 2.95 bits per heavy atom. The van der Waals surface area contributed by atoms with E-state index in [2.05, 4.69) is 18.3 Å². The van der Waals surface area contributed by atoms with E-state index in [0.29, 0.717) is 6.61 Å². The maximum Gasteiger partial charge on any atom is 0.127 e. The normalized spacial score (nSPS) is 17.9. The minimum atomic E-state index is 0.127. The molecule has 0 saturated heterocycles. The van der Waals surface area contributed by atoms with E-state index in [1.165, 1.54) is 5.56 Å². The molecule has 4 heteroatoms. The third-order valence-electron chi connectivity index (χ3n) is 3.82. The molecule has 0 aliphatic carbocycles. The molecule has 2 atom stereocenters. The molecule has 1 unspecified atom stereocenters. The minimum absolute atomic E-state index is 0.127. The number of hydrogen-bond acceptors (Lipinski definition) is 4. The van der Waals surface area contributed by atoms with Gasteiger partial charge in [-0.3, -0.25) is 0 Å². The third kappa shape index (κ3) is 2.81. The zero-order valence-corrected chi connectivity index (χ0v) is 12.2. The van der Waals surface area contributed by atoms with Crippen molar-refractivity contribution in [2.75, 3.05) is 13.7 Å². The highest BCUT2D eigenvalue weighted by Gasteiger charge is 2.25. The highest BCUT2D eigenvalue weighted by molar-refractivity contribution is 5.44. The van der Waals surface area contributed by atoms with E-state index in [9.17, 15) is 5.11 Å². The summed E-state index contributed by atoms with van der Waals surface area (Å²) < 4.78 is 10.9. The molecule has 4 nitrogen and oxygen atoms in total. The maximum absolute atomic E-state index is 9.49. The lowest BCUT2D eigenvalue weighted by Gasteiger charge is -2.19. The molecule has 0 radical (unpaired) electrons. The minimum Gasteiger partial charge on any atom is -0.508 e. The van der Waals surface area contributed by atoms with E-state index in [1.54, 1.807) is 19.2 Å². The molecule has 0 aromatic heterocycles. The number of phenolic OH excluding ortho intramolecular Hbond substituents is 1. The third-order valence-corrected chi connectivity index (χ3v) is 3.82. The number of benzene rings is 2. The van der Waals surface area contributed by atoms with Crippen molar-refractivity contribution in [3.05, 3.63) is 53.6 Å². The van der Waals surface area contributed by atoms with E-state index in [-0.39, 0.29) is 17.8 Å². The Morgan fingerprint density at radius 1 is 1.29 bits per heavy atom. The summed E-state index contributed by atoms with van der Waals surface area (Å²) in [4.78, 5) is 0. The predicted molar refractivity (Wildman–Crippen MR) is 80.9 cm³/mol. The number of phenols is 1. The first-order chi connectivity index (χ1) is 10.2. The molecule has 0 bridgehead atoms. The number of hydrogen-bond donors (Lipinski definition) is 2. The summed E-state index contributed by atoms with van der Waals surface area (Å²) in [5.74, 6) is 1.84. The van der Waals surface area contributed by atoms with Crippen molar-refractivity contribution in [2.45, 2.75) is 19.0 Å². The molecule has 2 aromatic rings. The summed E-state index contributed by atoms with van der Waals surface area (Å²) in [6.07, 6.45) is 0. The summed E-state index contributed by atoms with van der Waals surface area (Å²) >= 11 is 0. The second-order valence-corrected chi connectivity index (χ2v) is 5.25. The number of ether oxygens (including phenoxy) is 2. The van der Waals surface area contributed by atoms with E-state index >= 15 is 0 Å². The molecule has 0 spiro atoms. The van der Waals surface area contributed by atoms with Gasteiger partial charge in [0.1, 0.15) is 23.9 Å². The standard InChI is InChI=1S/C17H19NO3/c1-11(12-4-3-5-14(8-12)20-2)18-16-10-21-17-9-13(19)6-7-15(16)17/h3-9,11,16,18-19H,10H2,1-2H3/t11-,16?/m1/s1. The Balaban J connectivity index is 1.76. The Hall–Kier alpha value is -2.20. The fraction of sp³-hybridized carbons (Fsp3) is 0.294. The van der Waals surface area contributed by atoms with Crippen LogP contribution in [0.3, 0.4) is 0 Å². The van der Waals surface area contributed by atoms with Crippen LogP contribution in [0, 0.1) is 0 Å². The molecule has 0 amide bonds. The first kappa shape index (κ1) is 13.8. The summed E-state index contributed by atoms with van der Waals surface area (Å²) in [5, 5.41) is 13.0. The van der Waals surface area contributed by atoms with Crippen LogP contribution in [0.25, 0.3) is 0 Å². The summed E-state index contributed by atoms with van der Waals surface area (Å²) in [6.45, 7) is 2.69. The monoisotopic (exact) mass is 285 g/mol. The molecule has 21 heavy (non-hydrogen) atoms. The van der Waals surface area contributed by atoms with Gasteiger partial charge in [0.15, 0.2) is 0 Å². The van der Waals surface area contributed by atoms with Crippen LogP contribution in [0.15, 0.2) is 42.5 Å². The van der Waals surface area contributed by atoms with Crippen LogP contribution in [0.4, 0.5) is 0 Å². The molecule has 2 aromatic carbocycles. The van der Waals surface area contributed by atoms with E-state index in [0.717, 1.165) is 17.1 Å². The average molecular weight is 285 g/mol. The highest BCUT2D eigenvalue weighted by atomic mass is 16.5. The van der Waals surface area contributed by atoms with E-state index in [4.69, 9.17) is 9.47 Å². The van der Waals surface area contributed by atoms with Gasteiger partial charge in [-0.25, -0.2) is 0 Å². The van der Waals surface area contributed by atoms with Crippen molar-refractivity contribution in [1.82, 2.24) is 5.32 Å². The van der Waals surface area contributed by atoms with Crippen molar-refractivity contribution in [1.29, 1.82) is 0 Å². The SMILES string of the molecule is COc1cccc([C@@H](C)NC2COc3cc(O)ccc32)c1. The van der Waals surface area contributed by atoms with Crippen molar-refractivity contribution in [2.24, 2.45) is 0 Å². The summed E-state index contributed by atoms with van der Waals surface area (Å²) in [5.41, 5.74) is 2.25. The van der Waals surface area contributed by atoms with Crippen LogP contribution in [0.2, 0.25) is 0 Å². The fourth-order valence-electron chi connectivity index (χ4n) is 2.65. The Kier molecular flexibility index (Phi) is 3.71. The van der Waals surface area contributed by atoms with Crippen molar-refractivity contribution in [3.63, 3.8) is 0 Å². The second kappa shape index (κ2) is 5.66. The van der Waals surface area contributed by atoms with Gasteiger partial charge in [-0.2, -0.15) is 0 Å². The first-order valence-electron chi connectivity index (χ1n) is 7.03. The topological polar surface area (TPSA) is 50.7 Å². The highest BCUT2D eigenvalue weighted by Crippen LogP contribution is 2.36. The van der Waals surface area contributed by atoms with Crippen LogP contribution in [-0.2, 0) is 0 Å². The van der Waals surface area contributed by atoms with E-state index in [1.807, 2.05) is 24.3 Å². The zero-order valence-electron chi connectivity index (χ0n) is 12.2. The fourth-order valence-corrected chi connectivity index (χ4v) is 2.65. The first-order valence-corrected chi connectivity index (χ1v) is 7.03. The van der Waals surface area contributed by atoms with Gasteiger partial charge >= 0.3 is 0 Å². The predicted octanol–water partition coefficient (Wildman–Crippen LogP) is 3.19. The quantitative estimate of drug-likeness (QED) is 0.906.